The molecule has 1 saturated heterocycles. The van der Waals surface area contributed by atoms with Crippen LogP contribution in [-0.4, -0.2) is 56.3 Å². The van der Waals surface area contributed by atoms with Gasteiger partial charge in [-0.2, -0.15) is 4.31 Å². The van der Waals surface area contributed by atoms with Gasteiger partial charge in [-0.1, -0.05) is 55.5 Å². The molecule has 160 valence electrons. The van der Waals surface area contributed by atoms with Gasteiger partial charge in [-0.25, -0.2) is 8.42 Å². The topological polar surface area (TPSA) is 69.7 Å². The zero-order valence-electron chi connectivity index (χ0n) is 17.5. The van der Waals surface area contributed by atoms with E-state index < -0.39 is 10.0 Å². The Morgan fingerprint density at radius 2 is 1.73 bits per heavy atom. The van der Waals surface area contributed by atoms with E-state index in [1.165, 1.54) is 9.71 Å². The molecule has 1 heterocycles. The lowest BCUT2D eigenvalue weighted by Crippen LogP contribution is -2.49. The van der Waals surface area contributed by atoms with Gasteiger partial charge in [0.15, 0.2) is 0 Å². The molecule has 0 spiro atoms. The quantitative estimate of drug-likeness (QED) is 0.737. The van der Waals surface area contributed by atoms with Gasteiger partial charge in [0.2, 0.25) is 15.9 Å². The first-order valence-corrected chi connectivity index (χ1v) is 11.7. The Morgan fingerprint density at radius 1 is 1.03 bits per heavy atom. The van der Waals surface area contributed by atoms with Crippen LogP contribution in [0.2, 0.25) is 0 Å². The SMILES string of the molecule is CCc1cccc(C)c1NC(=O)CN1CCN(S(=O)(=O)/C=C\c2ccccc2)CC1. The van der Waals surface area contributed by atoms with Crippen molar-refractivity contribution in [1.82, 2.24) is 9.21 Å². The molecule has 7 heteroatoms. The van der Waals surface area contributed by atoms with Gasteiger partial charge in [-0.3, -0.25) is 9.69 Å². The molecule has 1 amide bonds. The second kappa shape index (κ2) is 10.0. The van der Waals surface area contributed by atoms with Crippen molar-refractivity contribution in [2.24, 2.45) is 0 Å². The van der Waals surface area contributed by atoms with Crippen LogP contribution >= 0.6 is 0 Å². The van der Waals surface area contributed by atoms with Crippen LogP contribution in [0.25, 0.3) is 6.08 Å². The molecule has 0 saturated carbocycles. The third kappa shape index (κ3) is 5.78. The Labute approximate surface area is 179 Å². The lowest BCUT2D eigenvalue weighted by atomic mass is 10.1. The van der Waals surface area contributed by atoms with Crippen LogP contribution in [0.4, 0.5) is 5.69 Å². The number of carbonyl (C=O) groups is 1. The molecular weight excluding hydrogens is 398 g/mol. The zero-order valence-corrected chi connectivity index (χ0v) is 18.4. The van der Waals surface area contributed by atoms with E-state index in [-0.39, 0.29) is 12.5 Å². The van der Waals surface area contributed by atoms with Crippen LogP contribution in [0.5, 0.6) is 0 Å². The molecule has 3 rings (SSSR count). The Bertz CT molecular complexity index is 996. The second-order valence-corrected chi connectivity index (χ2v) is 9.26. The maximum absolute atomic E-state index is 12.6. The number of anilines is 1. The first-order valence-electron chi connectivity index (χ1n) is 10.2. The number of piperazine rings is 1. The number of hydrogen-bond acceptors (Lipinski definition) is 4. The monoisotopic (exact) mass is 427 g/mol. The van der Waals surface area contributed by atoms with Crippen molar-refractivity contribution in [3.63, 3.8) is 0 Å². The van der Waals surface area contributed by atoms with Crippen molar-refractivity contribution in [3.05, 3.63) is 70.6 Å². The van der Waals surface area contributed by atoms with Crippen LogP contribution in [0.3, 0.4) is 0 Å². The van der Waals surface area contributed by atoms with Crippen LogP contribution in [0, 0.1) is 6.92 Å². The standard InChI is InChI=1S/C23H29N3O3S/c1-3-21-11-7-8-19(2)23(21)24-22(27)18-25-13-15-26(16-14-25)30(28,29)17-12-20-9-5-4-6-10-20/h4-12,17H,3,13-16,18H2,1-2H3,(H,24,27)/b17-12-. The second-order valence-electron chi connectivity index (χ2n) is 7.44. The highest BCUT2D eigenvalue weighted by Crippen LogP contribution is 2.21. The van der Waals surface area contributed by atoms with Gasteiger partial charge in [-0.15, -0.1) is 0 Å². The van der Waals surface area contributed by atoms with E-state index in [4.69, 9.17) is 0 Å². The molecule has 0 bridgehead atoms. The third-order valence-corrected chi connectivity index (χ3v) is 6.86. The molecule has 1 aliphatic rings. The fourth-order valence-electron chi connectivity index (χ4n) is 3.54. The smallest absolute Gasteiger partial charge is 0.238 e. The van der Waals surface area contributed by atoms with E-state index in [2.05, 4.69) is 12.2 Å². The summed E-state index contributed by atoms with van der Waals surface area (Å²) in [6.45, 7) is 6.11. The van der Waals surface area contributed by atoms with Crippen molar-refractivity contribution in [3.8, 4) is 0 Å². The van der Waals surface area contributed by atoms with Gasteiger partial charge in [-0.05, 0) is 36.1 Å². The van der Waals surface area contributed by atoms with Crippen molar-refractivity contribution in [1.29, 1.82) is 0 Å². The minimum atomic E-state index is -3.47. The van der Waals surface area contributed by atoms with Crippen molar-refractivity contribution in [2.75, 3.05) is 38.0 Å². The summed E-state index contributed by atoms with van der Waals surface area (Å²) in [6.07, 6.45) is 2.47. The molecule has 0 radical (unpaired) electrons. The Morgan fingerprint density at radius 3 is 2.40 bits per heavy atom. The number of nitrogens with zero attached hydrogens (tertiary/aromatic N) is 2. The van der Waals surface area contributed by atoms with Crippen LogP contribution in [-0.2, 0) is 21.2 Å². The number of para-hydroxylation sites is 1. The highest BCUT2D eigenvalue weighted by molar-refractivity contribution is 7.92. The molecule has 2 aromatic carbocycles. The Hall–Kier alpha value is -2.48. The van der Waals surface area contributed by atoms with Crippen molar-refractivity contribution >= 4 is 27.7 Å². The minimum Gasteiger partial charge on any atom is -0.324 e. The summed E-state index contributed by atoms with van der Waals surface area (Å²) in [7, 11) is -3.47. The summed E-state index contributed by atoms with van der Waals surface area (Å²) in [6, 6.07) is 15.4. The molecular formula is C23H29N3O3S. The number of carbonyl (C=O) groups excluding carboxylic acids is 1. The molecule has 2 aromatic rings. The van der Waals surface area contributed by atoms with Gasteiger partial charge in [0, 0.05) is 37.3 Å². The van der Waals surface area contributed by atoms with Gasteiger partial charge >= 0.3 is 0 Å². The van der Waals surface area contributed by atoms with Gasteiger partial charge in [0.25, 0.3) is 0 Å². The van der Waals surface area contributed by atoms with Gasteiger partial charge in [0.1, 0.15) is 0 Å². The number of nitrogens with one attached hydrogen (secondary N) is 1. The summed E-state index contributed by atoms with van der Waals surface area (Å²) in [5.74, 6) is -0.0701. The lowest BCUT2D eigenvalue weighted by Gasteiger charge is -2.32. The highest BCUT2D eigenvalue weighted by atomic mass is 32.2. The van der Waals surface area contributed by atoms with Crippen LogP contribution in [0.1, 0.15) is 23.6 Å². The normalized spacial score (nSPS) is 16.1. The molecule has 0 aromatic heterocycles. The maximum Gasteiger partial charge on any atom is 0.238 e. The number of aryl methyl sites for hydroxylation is 2. The fourth-order valence-corrected chi connectivity index (χ4v) is 4.71. The predicted octanol–water partition coefficient (Wildman–Crippen LogP) is 3.11. The first kappa shape index (κ1) is 22.2. The molecule has 0 aliphatic carbocycles. The van der Waals surface area contributed by atoms with Crippen molar-refractivity contribution in [2.45, 2.75) is 20.3 Å². The zero-order chi connectivity index (χ0) is 21.6. The summed E-state index contributed by atoms with van der Waals surface area (Å²) in [5.41, 5.74) is 3.89. The summed E-state index contributed by atoms with van der Waals surface area (Å²) >= 11 is 0. The number of hydrogen-bond donors (Lipinski definition) is 1. The largest absolute Gasteiger partial charge is 0.324 e. The minimum absolute atomic E-state index is 0.0701. The van der Waals surface area contributed by atoms with E-state index in [9.17, 15) is 13.2 Å². The molecule has 1 N–H and O–H groups in total. The summed E-state index contributed by atoms with van der Waals surface area (Å²) in [4.78, 5) is 14.5. The van der Waals surface area contributed by atoms with Crippen LogP contribution in [0.15, 0.2) is 53.9 Å². The average molecular weight is 428 g/mol. The molecule has 6 nitrogen and oxygen atoms in total. The van der Waals surface area contributed by atoms with E-state index >= 15 is 0 Å². The molecule has 0 atom stereocenters. The molecule has 1 fully saturated rings. The third-order valence-electron chi connectivity index (χ3n) is 5.29. The van der Waals surface area contributed by atoms with Gasteiger partial charge < -0.3 is 5.32 Å². The highest BCUT2D eigenvalue weighted by Gasteiger charge is 2.26. The van der Waals surface area contributed by atoms with E-state index in [0.717, 1.165) is 28.8 Å². The first-order chi connectivity index (χ1) is 14.4. The number of benzene rings is 2. The Balaban J connectivity index is 1.53. The summed E-state index contributed by atoms with van der Waals surface area (Å²) < 4.78 is 26.6. The fraction of sp³-hybridized carbons (Fsp3) is 0.348. The molecule has 0 unspecified atom stereocenters. The summed E-state index contributed by atoms with van der Waals surface area (Å²) in [5, 5.41) is 4.29. The number of rotatable bonds is 7. The Kier molecular flexibility index (Phi) is 7.42. The number of amides is 1. The van der Waals surface area contributed by atoms with Crippen molar-refractivity contribution < 1.29 is 13.2 Å². The molecule has 30 heavy (non-hydrogen) atoms. The van der Waals surface area contributed by atoms with Gasteiger partial charge in [0.05, 0.1) is 6.54 Å². The maximum atomic E-state index is 12.6. The van der Waals surface area contributed by atoms with E-state index in [1.54, 1.807) is 6.08 Å². The molecule has 1 aliphatic heterocycles. The lowest BCUT2D eigenvalue weighted by molar-refractivity contribution is -0.117. The van der Waals surface area contributed by atoms with E-state index in [0.29, 0.717) is 26.2 Å². The predicted molar refractivity (Wildman–Crippen MR) is 122 cm³/mol. The van der Waals surface area contributed by atoms with Crippen LogP contribution < -0.4 is 5.32 Å². The number of sulfonamides is 1. The van der Waals surface area contributed by atoms with E-state index in [1.807, 2.05) is 60.4 Å². The average Bonchev–Trinajstić information content (AvgIpc) is 2.75.